The van der Waals surface area contributed by atoms with E-state index >= 15 is 0 Å². The first-order valence-electron chi connectivity index (χ1n) is 9.65. The molecule has 1 saturated heterocycles. The minimum Gasteiger partial charge on any atom is -0.489 e. The number of carbonyl (C=O) groups is 1. The van der Waals surface area contributed by atoms with E-state index in [1.165, 1.54) is 16.4 Å². The van der Waals surface area contributed by atoms with E-state index < -0.39 is 10.0 Å². The van der Waals surface area contributed by atoms with Crippen molar-refractivity contribution in [1.29, 1.82) is 0 Å². The second-order valence-corrected chi connectivity index (χ2v) is 10.1. The maximum atomic E-state index is 13.0. The molecule has 0 radical (unpaired) electrons. The number of hydrogen-bond donors (Lipinski definition) is 1. The first kappa shape index (κ1) is 21.8. The zero-order valence-corrected chi connectivity index (χ0v) is 18.9. The van der Waals surface area contributed by atoms with Crippen LogP contribution < -0.4 is 10.1 Å². The average Bonchev–Trinajstić information content (AvgIpc) is 2.70. The van der Waals surface area contributed by atoms with Gasteiger partial charge in [-0.25, -0.2) is 8.42 Å². The summed E-state index contributed by atoms with van der Waals surface area (Å²) >= 11 is 3.35. The second kappa shape index (κ2) is 9.28. The number of halogens is 1. The zero-order valence-electron chi connectivity index (χ0n) is 16.5. The highest BCUT2D eigenvalue weighted by Gasteiger charge is 2.27. The Hall–Kier alpha value is -1.90. The summed E-state index contributed by atoms with van der Waals surface area (Å²) in [4.78, 5) is 12.8. The van der Waals surface area contributed by atoms with Crippen LogP contribution >= 0.6 is 15.9 Å². The van der Waals surface area contributed by atoms with Crippen LogP contribution in [0.3, 0.4) is 0 Å². The molecule has 0 aliphatic carbocycles. The molecule has 3 rings (SSSR count). The van der Waals surface area contributed by atoms with Crippen molar-refractivity contribution in [2.75, 3.05) is 18.4 Å². The molecule has 1 amide bonds. The standard InChI is InChI=1S/C21H25BrN2O4S/c1-15(2)28-20-11-10-18(29(26,27)24-12-4-3-5-13-24)14-19(20)23-21(25)16-6-8-17(22)9-7-16/h6-11,14-15H,3-5,12-13H2,1-2H3,(H,23,25). The normalized spacial score (nSPS) is 15.3. The van der Waals surface area contributed by atoms with Crippen LogP contribution in [0.25, 0.3) is 0 Å². The molecule has 2 aromatic carbocycles. The quantitative estimate of drug-likeness (QED) is 0.651. The summed E-state index contributed by atoms with van der Waals surface area (Å²) in [5.41, 5.74) is 0.803. The van der Waals surface area contributed by atoms with Crippen LogP contribution in [0.4, 0.5) is 5.69 Å². The van der Waals surface area contributed by atoms with Gasteiger partial charge in [-0.2, -0.15) is 4.31 Å². The Morgan fingerprint density at radius 3 is 2.34 bits per heavy atom. The summed E-state index contributed by atoms with van der Waals surface area (Å²) in [5.74, 6) is 0.0988. The number of nitrogens with zero attached hydrogens (tertiary/aromatic N) is 1. The third-order valence-electron chi connectivity index (χ3n) is 4.62. The molecule has 0 aromatic heterocycles. The predicted molar refractivity (Wildman–Crippen MR) is 117 cm³/mol. The molecule has 0 atom stereocenters. The van der Waals surface area contributed by atoms with Gasteiger partial charge in [-0.3, -0.25) is 4.79 Å². The number of rotatable bonds is 6. The molecule has 8 heteroatoms. The van der Waals surface area contributed by atoms with Gasteiger partial charge in [0.2, 0.25) is 10.0 Å². The van der Waals surface area contributed by atoms with Crippen molar-refractivity contribution >= 4 is 37.5 Å². The number of nitrogens with one attached hydrogen (secondary N) is 1. The Labute approximate surface area is 180 Å². The largest absolute Gasteiger partial charge is 0.489 e. The number of benzene rings is 2. The van der Waals surface area contributed by atoms with Crippen LogP contribution in [0.2, 0.25) is 0 Å². The summed E-state index contributed by atoms with van der Waals surface area (Å²) in [5, 5.41) is 2.80. The molecule has 1 N–H and O–H groups in total. The van der Waals surface area contributed by atoms with E-state index in [4.69, 9.17) is 4.74 Å². The highest BCUT2D eigenvalue weighted by molar-refractivity contribution is 9.10. The topological polar surface area (TPSA) is 75.7 Å². The van der Waals surface area contributed by atoms with Gasteiger partial charge < -0.3 is 10.1 Å². The highest BCUT2D eigenvalue weighted by Crippen LogP contribution is 2.31. The lowest BCUT2D eigenvalue weighted by atomic mass is 10.2. The minimum absolute atomic E-state index is 0.122. The Morgan fingerprint density at radius 2 is 1.72 bits per heavy atom. The van der Waals surface area contributed by atoms with Crippen LogP contribution in [0.15, 0.2) is 51.8 Å². The third kappa shape index (κ3) is 5.38. The molecule has 0 bridgehead atoms. The third-order valence-corrected chi connectivity index (χ3v) is 7.04. The maximum Gasteiger partial charge on any atom is 0.255 e. The molecule has 1 aliphatic heterocycles. The van der Waals surface area contributed by atoms with Crippen molar-refractivity contribution in [3.05, 3.63) is 52.5 Å². The molecule has 0 spiro atoms. The molecule has 0 saturated carbocycles. The van der Waals surface area contributed by atoms with Crippen LogP contribution in [0.1, 0.15) is 43.5 Å². The fourth-order valence-electron chi connectivity index (χ4n) is 3.17. The van der Waals surface area contributed by atoms with Gasteiger partial charge in [-0.05, 0) is 69.2 Å². The summed E-state index contributed by atoms with van der Waals surface area (Å²) in [6.45, 7) is 4.79. The number of ether oxygens (including phenoxy) is 1. The Kier molecular flexibility index (Phi) is 6.97. The Morgan fingerprint density at radius 1 is 1.07 bits per heavy atom. The van der Waals surface area contributed by atoms with Gasteiger partial charge in [0.1, 0.15) is 5.75 Å². The number of piperidine rings is 1. The van der Waals surface area contributed by atoms with E-state index in [2.05, 4.69) is 21.2 Å². The molecule has 0 unspecified atom stereocenters. The van der Waals surface area contributed by atoms with Gasteiger partial charge in [-0.15, -0.1) is 0 Å². The van der Waals surface area contributed by atoms with Crippen LogP contribution in [0, 0.1) is 0 Å². The van der Waals surface area contributed by atoms with Crippen LogP contribution in [0.5, 0.6) is 5.75 Å². The number of sulfonamides is 1. The summed E-state index contributed by atoms with van der Waals surface area (Å²) in [6, 6.07) is 11.6. The summed E-state index contributed by atoms with van der Waals surface area (Å²) < 4.78 is 34.2. The SMILES string of the molecule is CC(C)Oc1ccc(S(=O)(=O)N2CCCCC2)cc1NC(=O)c1ccc(Br)cc1. The average molecular weight is 481 g/mol. The van der Waals surface area contributed by atoms with E-state index in [0.717, 1.165) is 23.7 Å². The molecular weight excluding hydrogens is 456 g/mol. The van der Waals surface area contributed by atoms with Crippen molar-refractivity contribution in [2.24, 2.45) is 0 Å². The van der Waals surface area contributed by atoms with E-state index in [1.807, 2.05) is 13.8 Å². The van der Waals surface area contributed by atoms with E-state index in [1.54, 1.807) is 30.3 Å². The zero-order chi connectivity index (χ0) is 21.0. The smallest absolute Gasteiger partial charge is 0.255 e. The van der Waals surface area contributed by atoms with Crippen molar-refractivity contribution in [1.82, 2.24) is 4.31 Å². The molecule has 1 aliphatic rings. The lowest BCUT2D eigenvalue weighted by Gasteiger charge is -2.26. The fourth-order valence-corrected chi connectivity index (χ4v) is 4.98. The number of amides is 1. The monoisotopic (exact) mass is 480 g/mol. The lowest BCUT2D eigenvalue weighted by Crippen LogP contribution is -2.35. The predicted octanol–water partition coefficient (Wildman–Crippen LogP) is 4.66. The van der Waals surface area contributed by atoms with E-state index in [-0.39, 0.29) is 16.9 Å². The summed E-state index contributed by atoms with van der Waals surface area (Å²) in [6.07, 6.45) is 2.65. The molecule has 156 valence electrons. The van der Waals surface area contributed by atoms with Crippen molar-refractivity contribution in [3.63, 3.8) is 0 Å². The summed E-state index contributed by atoms with van der Waals surface area (Å²) in [7, 11) is -3.62. The van der Waals surface area contributed by atoms with Gasteiger partial charge >= 0.3 is 0 Å². The van der Waals surface area contributed by atoms with Gasteiger partial charge in [-0.1, -0.05) is 22.4 Å². The van der Waals surface area contributed by atoms with Crippen LogP contribution in [-0.4, -0.2) is 37.8 Å². The Balaban J connectivity index is 1.93. The molecule has 2 aromatic rings. The molecule has 29 heavy (non-hydrogen) atoms. The van der Waals surface area contributed by atoms with E-state index in [9.17, 15) is 13.2 Å². The molecule has 1 heterocycles. The lowest BCUT2D eigenvalue weighted by molar-refractivity contribution is 0.102. The number of hydrogen-bond acceptors (Lipinski definition) is 4. The van der Waals surface area contributed by atoms with Crippen LogP contribution in [-0.2, 0) is 10.0 Å². The number of anilines is 1. The first-order valence-corrected chi connectivity index (χ1v) is 11.9. The molecular formula is C21H25BrN2O4S. The second-order valence-electron chi connectivity index (χ2n) is 7.25. The van der Waals surface area contributed by atoms with Gasteiger partial charge in [0.05, 0.1) is 16.7 Å². The van der Waals surface area contributed by atoms with Crippen molar-refractivity contribution in [2.45, 2.75) is 44.1 Å². The first-order chi connectivity index (χ1) is 13.8. The Bertz CT molecular complexity index is 969. The molecule has 6 nitrogen and oxygen atoms in total. The van der Waals surface area contributed by atoms with Gasteiger partial charge in [0.25, 0.3) is 5.91 Å². The van der Waals surface area contributed by atoms with Crippen molar-refractivity contribution < 1.29 is 17.9 Å². The number of carbonyl (C=O) groups excluding carboxylic acids is 1. The van der Waals surface area contributed by atoms with Crippen molar-refractivity contribution in [3.8, 4) is 5.75 Å². The highest BCUT2D eigenvalue weighted by atomic mass is 79.9. The minimum atomic E-state index is -3.62. The van der Waals surface area contributed by atoms with E-state index in [0.29, 0.717) is 30.1 Å². The van der Waals surface area contributed by atoms with Gasteiger partial charge in [0, 0.05) is 23.1 Å². The fraction of sp³-hybridized carbons (Fsp3) is 0.381. The maximum absolute atomic E-state index is 13.0. The van der Waals surface area contributed by atoms with Gasteiger partial charge in [0.15, 0.2) is 0 Å². The molecule has 1 fully saturated rings.